The molecule has 0 saturated carbocycles. The summed E-state index contributed by atoms with van der Waals surface area (Å²) < 4.78 is 18.5. The fourth-order valence-electron chi connectivity index (χ4n) is 2.86. The lowest BCUT2D eigenvalue weighted by molar-refractivity contribution is -0.113. The van der Waals surface area contributed by atoms with Crippen LogP contribution in [0, 0.1) is 5.82 Å². The first-order valence-electron chi connectivity index (χ1n) is 9.74. The number of nitrogens with zero attached hydrogens (tertiary/aromatic N) is 4. The molecule has 2 heterocycles. The van der Waals surface area contributed by atoms with Gasteiger partial charge >= 0.3 is 0 Å². The van der Waals surface area contributed by atoms with Crippen molar-refractivity contribution in [3.05, 3.63) is 72.7 Å². The van der Waals surface area contributed by atoms with Gasteiger partial charge in [-0.3, -0.25) is 4.79 Å². The first-order valence-corrected chi connectivity index (χ1v) is 10.7. The van der Waals surface area contributed by atoms with Crippen LogP contribution in [0.15, 0.2) is 76.4 Å². The van der Waals surface area contributed by atoms with Gasteiger partial charge in [0.1, 0.15) is 5.82 Å². The zero-order chi connectivity index (χ0) is 22.5. The average Bonchev–Trinajstić information content (AvgIpc) is 3.29. The van der Waals surface area contributed by atoms with Crippen LogP contribution in [0.5, 0.6) is 0 Å². The van der Waals surface area contributed by atoms with E-state index < -0.39 is 0 Å². The lowest BCUT2D eigenvalue weighted by Gasteiger charge is -2.13. The number of hydrogen-bond acceptors (Lipinski definition) is 7. The Morgan fingerprint density at radius 2 is 1.81 bits per heavy atom. The summed E-state index contributed by atoms with van der Waals surface area (Å²) in [6, 6.07) is 17.0. The van der Waals surface area contributed by atoms with Gasteiger partial charge < -0.3 is 14.7 Å². The number of carbonyl (C=O) groups excluding carboxylic acids is 1. The maximum absolute atomic E-state index is 13.1. The van der Waals surface area contributed by atoms with Gasteiger partial charge in [-0.05, 0) is 60.7 Å². The molecule has 2 aromatic carbocycles. The van der Waals surface area contributed by atoms with Crippen LogP contribution in [0.25, 0.3) is 22.8 Å². The number of benzene rings is 2. The Morgan fingerprint density at radius 1 is 1.06 bits per heavy atom. The molecule has 0 spiro atoms. The smallest absolute Gasteiger partial charge is 0.258 e. The number of hydrogen-bond donors (Lipinski definition) is 1. The van der Waals surface area contributed by atoms with E-state index in [0.717, 1.165) is 11.4 Å². The van der Waals surface area contributed by atoms with Gasteiger partial charge in [-0.2, -0.15) is 4.98 Å². The molecular formula is C23H20FN5O2S. The second kappa shape index (κ2) is 9.61. The Kier molecular flexibility index (Phi) is 6.46. The molecule has 1 amide bonds. The maximum Gasteiger partial charge on any atom is 0.258 e. The van der Waals surface area contributed by atoms with Gasteiger partial charge in [-0.1, -0.05) is 16.9 Å². The number of rotatable bonds is 7. The van der Waals surface area contributed by atoms with Crippen molar-refractivity contribution >= 4 is 29.0 Å². The monoisotopic (exact) mass is 449 g/mol. The van der Waals surface area contributed by atoms with Gasteiger partial charge in [0, 0.05) is 42.8 Å². The van der Waals surface area contributed by atoms with E-state index >= 15 is 0 Å². The topological polar surface area (TPSA) is 84.2 Å². The van der Waals surface area contributed by atoms with Crippen molar-refractivity contribution in [1.29, 1.82) is 0 Å². The quantitative estimate of drug-likeness (QED) is 0.408. The molecule has 4 rings (SSSR count). The average molecular weight is 450 g/mol. The molecule has 0 aliphatic heterocycles. The molecular weight excluding hydrogens is 429 g/mol. The Morgan fingerprint density at radius 3 is 2.53 bits per heavy atom. The van der Waals surface area contributed by atoms with E-state index in [4.69, 9.17) is 4.52 Å². The Bertz CT molecular complexity index is 1210. The molecule has 0 saturated heterocycles. The van der Waals surface area contributed by atoms with Crippen molar-refractivity contribution in [2.24, 2.45) is 0 Å². The van der Waals surface area contributed by atoms with Crippen LogP contribution in [-0.4, -0.2) is 40.9 Å². The van der Waals surface area contributed by atoms with E-state index in [1.165, 1.54) is 23.9 Å². The number of nitrogens with one attached hydrogen (secondary N) is 1. The highest BCUT2D eigenvalue weighted by Gasteiger charge is 2.12. The van der Waals surface area contributed by atoms with E-state index in [1.54, 1.807) is 30.5 Å². The summed E-state index contributed by atoms with van der Waals surface area (Å²) in [5.41, 5.74) is 3.13. The van der Waals surface area contributed by atoms with Gasteiger partial charge in [-0.15, -0.1) is 0 Å². The third kappa shape index (κ3) is 5.30. The molecule has 0 radical (unpaired) electrons. The fraction of sp³-hybridized carbons (Fsp3) is 0.130. The van der Waals surface area contributed by atoms with Crippen molar-refractivity contribution in [2.75, 3.05) is 30.1 Å². The standard InChI is InChI=1S/C23H20FN5O2S/c1-29(2)19-9-7-18(8-10-19)26-20(30)14-32-21-13-16(11-12-25-21)23-27-22(28-31-23)15-3-5-17(24)6-4-15/h3-13H,14H2,1-2H3,(H,26,30). The number of aromatic nitrogens is 3. The molecule has 0 unspecified atom stereocenters. The first kappa shape index (κ1) is 21.5. The highest BCUT2D eigenvalue weighted by Crippen LogP contribution is 2.25. The molecule has 0 atom stereocenters. The largest absolute Gasteiger partial charge is 0.378 e. The minimum atomic E-state index is -0.331. The van der Waals surface area contributed by atoms with Crippen LogP contribution in [0.2, 0.25) is 0 Å². The molecule has 7 nitrogen and oxygen atoms in total. The van der Waals surface area contributed by atoms with Crippen molar-refractivity contribution in [2.45, 2.75) is 5.03 Å². The molecule has 2 aromatic heterocycles. The molecule has 0 fully saturated rings. The van der Waals surface area contributed by atoms with E-state index in [0.29, 0.717) is 27.9 Å². The highest BCUT2D eigenvalue weighted by molar-refractivity contribution is 7.99. The van der Waals surface area contributed by atoms with E-state index in [9.17, 15) is 9.18 Å². The maximum atomic E-state index is 13.1. The second-order valence-corrected chi connectivity index (χ2v) is 8.09. The highest BCUT2D eigenvalue weighted by atomic mass is 32.2. The molecule has 0 aliphatic rings. The molecule has 9 heteroatoms. The lowest BCUT2D eigenvalue weighted by atomic mass is 10.2. The fourth-order valence-corrected chi connectivity index (χ4v) is 3.55. The van der Waals surface area contributed by atoms with E-state index in [2.05, 4.69) is 20.4 Å². The second-order valence-electron chi connectivity index (χ2n) is 7.09. The molecule has 0 aliphatic carbocycles. The van der Waals surface area contributed by atoms with Crippen LogP contribution in [0.1, 0.15) is 0 Å². The van der Waals surface area contributed by atoms with Crippen LogP contribution < -0.4 is 10.2 Å². The van der Waals surface area contributed by atoms with Crippen LogP contribution in [0.4, 0.5) is 15.8 Å². The van der Waals surface area contributed by atoms with Crippen molar-refractivity contribution in [1.82, 2.24) is 15.1 Å². The zero-order valence-corrected chi connectivity index (χ0v) is 18.3. The molecule has 1 N–H and O–H groups in total. The minimum absolute atomic E-state index is 0.129. The summed E-state index contributed by atoms with van der Waals surface area (Å²) in [6.07, 6.45) is 1.62. The van der Waals surface area contributed by atoms with Gasteiger partial charge in [0.15, 0.2) is 0 Å². The van der Waals surface area contributed by atoms with Gasteiger partial charge in [0.05, 0.1) is 10.8 Å². The van der Waals surface area contributed by atoms with Gasteiger partial charge in [0.25, 0.3) is 5.89 Å². The third-order valence-corrected chi connectivity index (χ3v) is 5.45. The summed E-state index contributed by atoms with van der Waals surface area (Å²) >= 11 is 1.31. The van der Waals surface area contributed by atoms with E-state index in [1.807, 2.05) is 43.3 Å². The molecule has 32 heavy (non-hydrogen) atoms. The van der Waals surface area contributed by atoms with Gasteiger partial charge in [0.2, 0.25) is 11.7 Å². The Balaban J connectivity index is 1.38. The number of thioether (sulfide) groups is 1. The normalized spacial score (nSPS) is 10.7. The SMILES string of the molecule is CN(C)c1ccc(NC(=O)CSc2cc(-c3nc(-c4ccc(F)cc4)no3)ccn2)cc1. The number of pyridine rings is 1. The lowest BCUT2D eigenvalue weighted by Crippen LogP contribution is -2.14. The van der Waals surface area contributed by atoms with Crippen LogP contribution in [0.3, 0.4) is 0 Å². The van der Waals surface area contributed by atoms with Gasteiger partial charge in [-0.25, -0.2) is 9.37 Å². The van der Waals surface area contributed by atoms with Crippen LogP contribution in [-0.2, 0) is 4.79 Å². The summed E-state index contributed by atoms with van der Waals surface area (Å²) in [5, 5.41) is 7.49. The molecule has 4 aromatic rings. The third-order valence-electron chi connectivity index (χ3n) is 4.53. The number of anilines is 2. The van der Waals surface area contributed by atoms with E-state index in [-0.39, 0.29) is 17.5 Å². The minimum Gasteiger partial charge on any atom is -0.378 e. The Labute approximate surface area is 188 Å². The Hall–Kier alpha value is -3.72. The molecule has 162 valence electrons. The number of halogens is 1. The predicted octanol–water partition coefficient (Wildman–Crippen LogP) is 4.73. The van der Waals surface area contributed by atoms with Crippen molar-refractivity contribution < 1.29 is 13.7 Å². The summed E-state index contributed by atoms with van der Waals surface area (Å²) in [5.74, 6) is 0.431. The first-order chi connectivity index (χ1) is 15.5. The summed E-state index contributed by atoms with van der Waals surface area (Å²) in [6.45, 7) is 0. The van der Waals surface area contributed by atoms with Crippen molar-refractivity contribution in [3.8, 4) is 22.8 Å². The summed E-state index contributed by atoms with van der Waals surface area (Å²) in [4.78, 5) is 23.0. The van der Waals surface area contributed by atoms with Crippen molar-refractivity contribution in [3.63, 3.8) is 0 Å². The van der Waals surface area contributed by atoms with Crippen LogP contribution >= 0.6 is 11.8 Å². The zero-order valence-electron chi connectivity index (χ0n) is 17.4. The number of carbonyl (C=O) groups is 1. The number of amides is 1. The molecule has 0 bridgehead atoms. The summed E-state index contributed by atoms with van der Waals surface area (Å²) in [7, 11) is 3.92. The predicted molar refractivity (Wildman–Crippen MR) is 123 cm³/mol.